The van der Waals surface area contributed by atoms with Gasteiger partial charge in [0, 0.05) is 4.57 Å². The number of H-pyrrole nitrogens is 2. The van der Waals surface area contributed by atoms with Gasteiger partial charge in [-0.25, -0.2) is 18.4 Å². The summed E-state index contributed by atoms with van der Waals surface area (Å²) in [6.45, 7) is 0. The van der Waals surface area contributed by atoms with Crippen LogP contribution in [0.25, 0.3) is 0 Å². The van der Waals surface area contributed by atoms with Crippen molar-refractivity contribution in [3.63, 3.8) is 0 Å². The molecule has 0 radical (unpaired) electrons. The van der Waals surface area contributed by atoms with E-state index in [1.54, 1.807) is 0 Å². The van der Waals surface area contributed by atoms with E-state index in [9.17, 15) is 14.2 Å². The average molecular weight is 409 g/mol. The summed E-state index contributed by atoms with van der Waals surface area (Å²) in [5, 5.41) is 5.79. The second-order valence-electron chi connectivity index (χ2n) is 7.62. The van der Waals surface area contributed by atoms with Crippen molar-refractivity contribution in [2.24, 2.45) is 0 Å². The van der Waals surface area contributed by atoms with Gasteiger partial charge in [-0.15, -0.1) is 0 Å². The molecule has 4 rings (SSSR count). The fourth-order valence-electron chi connectivity index (χ4n) is 4.27. The minimum absolute atomic E-state index is 0.0603. The molecule has 0 unspecified atom stereocenters. The summed E-state index contributed by atoms with van der Waals surface area (Å²) in [5.74, 6) is -0.121. The first kappa shape index (κ1) is 19.1. The average Bonchev–Trinajstić information content (AvgIpc) is 3.26. The lowest BCUT2D eigenvalue weighted by molar-refractivity contribution is 0.321. The molecule has 0 bridgehead atoms. The fourth-order valence-corrected chi connectivity index (χ4v) is 4.89. The van der Waals surface area contributed by atoms with Crippen molar-refractivity contribution in [1.82, 2.24) is 19.6 Å². The molecule has 152 valence electrons. The first-order valence-electron chi connectivity index (χ1n) is 10.1. The monoisotopic (exact) mass is 409 g/mol. The van der Waals surface area contributed by atoms with Crippen molar-refractivity contribution in [3.05, 3.63) is 33.1 Å². The Labute approximate surface area is 162 Å². The molecule has 2 aliphatic rings. The van der Waals surface area contributed by atoms with Gasteiger partial charge in [-0.3, -0.25) is 19.8 Å². The van der Waals surface area contributed by atoms with Crippen LogP contribution in [0.15, 0.2) is 22.0 Å². The van der Waals surface area contributed by atoms with E-state index in [-0.39, 0.29) is 34.7 Å². The molecular formula is C18H26N4O5P+. The maximum atomic E-state index is 12.5. The van der Waals surface area contributed by atoms with E-state index in [4.69, 9.17) is 9.05 Å². The number of hydrogen-bond acceptors (Lipinski definition) is 5. The largest absolute Gasteiger partial charge is 0.806 e. The molecular weight excluding hydrogens is 383 g/mol. The number of hydrogen-bond donors (Lipinski definition) is 2. The van der Waals surface area contributed by atoms with Crippen LogP contribution in [-0.4, -0.2) is 19.6 Å². The zero-order valence-corrected chi connectivity index (χ0v) is 16.7. The lowest BCUT2D eigenvalue weighted by Gasteiger charge is -2.21. The highest BCUT2D eigenvalue weighted by Crippen LogP contribution is 2.31. The second-order valence-corrected chi connectivity index (χ2v) is 8.43. The molecule has 28 heavy (non-hydrogen) atoms. The summed E-state index contributed by atoms with van der Waals surface area (Å²) < 4.78 is 25.7. The van der Waals surface area contributed by atoms with E-state index in [1.165, 1.54) is 34.6 Å². The van der Waals surface area contributed by atoms with Gasteiger partial charge in [0.2, 0.25) is 0 Å². The van der Waals surface area contributed by atoms with Crippen LogP contribution in [0, 0.1) is 0 Å². The molecule has 0 aromatic carbocycles. The van der Waals surface area contributed by atoms with E-state index in [1.807, 2.05) is 0 Å². The van der Waals surface area contributed by atoms with Crippen molar-refractivity contribution >= 4 is 8.25 Å². The number of nitrogens with zero attached hydrogens (tertiary/aromatic N) is 2. The van der Waals surface area contributed by atoms with Gasteiger partial charge in [0.05, 0.1) is 24.5 Å². The number of aromatic amines is 2. The number of aromatic nitrogens is 4. The van der Waals surface area contributed by atoms with E-state index >= 15 is 0 Å². The van der Waals surface area contributed by atoms with E-state index in [2.05, 4.69) is 10.2 Å². The van der Waals surface area contributed by atoms with Crippen LogP contribution in [0.5, 0.6) is 11.5 Å². The van der Waals surface area contributed by atoms with Gasteiger partial charge in [0.25, 0.3) is 11.5 Å². The Morgan fingerprint density at radius 2 is 1.14 bits per heavy atom. The smallest absolute Gasteiger partial charge is 0.299 e. The van der Waals surface area contributed by atoms with Crippen LogP contribution in [0.1, 0.15) is 76.3 Å². The van der Waals surface area contributed by atoms with E-state index in [0.29, 0.717) is 0 Å². The van der Waals surface area contributed by atoms with Crippen molar-refractivity contribution < 1.29 is 13.6 Å². The Kier molecular flexibility index (Phi) is 5.71. The van der Waals surface area contributed by atoms with Gasteiger partial charge in [-0.05, 0) is 25.7 Å². The Hall–Kier alpha value is -2.28. The van der Waals surface area contributed by atoms with E-state index < -0.39 is 8.25 Å². The molecule has 10 heteroatoms. The second kappa shape index (κ2) is 8.39. The number of rotatable bonds is 6. The first-order chi connectivity index (χ1) is 13.6. The van der Waals surface area contributed by atoms with Gasteiger partial charge in [-0.2, -0.15) is 0 Å². The SMILES string of the molecule is O=c1c(O[P+](=O)Oc2c[nH]n(C3CCCCC3)c2=O)c[nH]n1C1CCCCC1. The lowest BCUT2D eigenvalue weighted by Crippen LogP contribution is -2.25. The van der Waals surface area contributed by atoms with Gasteiger partial charge in [0.15, 0.2) is 0 Å². The predicted molar refractivity (Wildman–Crippen MR) is 103 cm³/mol. The third kappa shape index (κ3) is 3.94. The maximum Gasteiger partial charge on any atom is 0.806 e. The molecule has 2 saturated carbocycles. The normalized spacial score (nSPS) is 18.9. The van der Waals surface area contributed by atoms with Gasteiger partial charge in [0.1, 0.15) is 0 Å². The van der Waals surface area contributed by atoms with Gasteiger partial charge >= 0.3 is 19.4 Å². The highest BCUT2D eigenvalue weighted by molar-refractivity contribution is 7.34. The fraction of sp³-hybridized carbons (Fsp3) is 0.667. The molecule has 0 saturated heterocycles. The van der Waals surface area contributed by atoms with Crippen molar-refractivity contribution in [1.29, 1.82) is 0 Å². The number of nitrogens with one attached hydrogen (secondary N) is 2. The van der Waals surface area contributed by atoms with Crippen LogP contribution in [0.3, 0.4) is 0 Å². The van der Waals surface area contributed by atoms with Crippen LogP contribution in [0.4, 0.5) is 0 Å². The highest BCUT2D eigenvalue weighted by atomic mass is 31.1. The molecule has 2 fully saturated rings. The van der Waals surface area contributed by atoms with Crippen LogP contribution >= 0.6 is 8.25 Å². The molecule has 0 aliphatic heterocycles. The van der Waals surface area contributed by atoms with Crippen LogP contribution in [0.2, 0.25) is 0 Å². The third-order valence-electron chi connectivity index (χ3n) is 5.75. The zero-order valence-electron chi connectivity index (χ0n) is 15.8. The van der Waals surface area contributed by atoms with Crippen LogP contribution in [-0.2, 0) is 4.57 Å². The standard InChI is InChI=1S/C18H25N4O5P/c23-17-15(11-19-21(17)13-7-3-1-4-8-13)26-28(25)27-16-12-20-22(18(16)24)14-9-5-2-6-10-14/h11-14H,1-10H2,(H-,19,20,23,24)/p+1. The Bertz CT molecular complexity index is 856. The first-order valence-corrected chi connectivity index (χ1v) is 11.2. The molecule has 2 aromatic heterocycles. The molecule has 9 nitrogen and oxygen atoms in total. The van der Waals surface area contributed by atoms with Crippen LogP contribution < -0.4 is 20.2 Å². The third-order valence-corrected chi connectivity index (χ3v) is 6.45. The maximum absolute atomic E-state index is 12.5. The highest BCUT2D eigenvalue weighted by Gasteiger charge is 2.31. The summed E-state index contributed by atoms with van der Waals surface area (Å²) in [4.78, 5) is 25.0. The molecule has 0 atom stereocenters. The lowest BCUT2D eigenvalue weighted by atomic mass is 9.96. The minimum Gasteiger partial charge on any atom is -0.299 e. The molecule has 0 spiro atoms. The van der Waals surface area contributed by atoms with Crippen molar-refractivity contribution in [2.75, 3.05) is 0 Å². The summed E-state index contributed by atoms with van der Waals surface area (Å²) in [6.07, 6.45) is 13.3. The molecule has 2 aliphatic carbocycles. The van der Waals surface area contributed by atoms with Gasteiger partial charge < -0.3 is 0 Å². The Morgan fingerprint density at radius 1 is 0.750 bits per heavy atom. The molecule has 2 N–H and O–H groups in total. The quantitative estimate of drug-likeness (QED) is 0.705. The Morgan fingerprint density at radius 3 is 1.54 bits per heavy atom. The topological polar surface area (TPSA) is 111 Å². The van der Waals surface area contributed by atoms with E-state index in [0.717, 1.165) is 51.4 Å². The summed E-state index contributed by atoms with van der Waals surface area (Å²) >= 11 is 0. The van der Waals surface area contributed by atoms with Crippen molar-refractivity contribution in [2.45, 2.75) is 76.3 Å². The predicted octanol–water partition coefficient (Wildman–Crippen LogP) is 3.79. The summed E-state index contributed by atoms with van der Waals surface area (Å²) in [5.41, 5.74) is -0.708. The molecule has 2 heterocycles. The zero-order chi connectivity index (χ0) is 19.5. The molecule has 2 aromatic rings. The minimum atomic E-state index is -2.69. The summed E-state index contributed by atoms with van der Waals surface area (Å²) in [7, 11) is -2.69. The molecule has 0 amide bonds. The van der Waals surface area contributed by atoms with Crippen molar-refractivity contribution in [3.8, 4) is 11.5 Å². The Balaban J connectivity index is 1.41. The van der Waals surface area contributed by atoms with Gasteiger partial charge in [-0.1, -0.05) is 38.5 Å². The summed E-state index contributed by atoms with van der Waals surface area (Å²) in [6, 6.07) is 0.231.